The molecule has 0 spiro atoms. The lowest BCUT2D eigenvalue weighted by Crippen LogP contribution is -2.30. The number of nitrogens with zero attached hydrogens (tertiary/aromatic N) is 1. The van der Waals surface area contributed by atoms with Gasteiger partial charge in [-0.25, -0.2) is 0 Å². The Morgan fingerprint density at radius 2 is 1.74 bits per heavy atom. The van der Waals surface area contributed by atoms with Gasteiger partial charge in [0.15, 0.2) is 11.5 Å². The van der Waals surface area contributed by atoms with Crippen molar-refractivity contribution in [3.05, 3.63) is 86.9 Å². The molecule has 8 heteroatoms. The molecule has 0 aromatic heterocycles. The van der Waals surface area contributed by atoms with E-state index in [2.05, 4.69) is 0 Å². The van der Waals surface area contributed by atoms with Crippen molar-refractivity contribution in [1.29, 1.82) is 0 Å². The molecule has 39 heavy (non-hydrogen) atoms. The number of Topliss-reactive ketones (excluding diaryl/α,β-unsaturated/α-hetero) is 1. The lowest BCUT2D eigenvalue weighted by molar-refractivity contribution is -0.132. The van der Waals surface area contributed by atoms with E-state index in [0.29, 0.717) is 45.3 Å². The van der Waals surface area contributed by atoms with Crippen LogP contribution in [0.2, 0.25) is 5.02 Å². The number of ketones is 1. The molecule has 1 heterocycles. The highest BCUT2D eigenvalue weighted by Gasteiger charge is 2.47. The van der Waals surface area contributed by atoms with Gasteiger partial charge in [-0.2, -0.15) is 0 Å². The summed E-state index contributed by atoms with van der Waals surface area (Å²) < 4.78 is 11.1. The Labute approximate surface area is 233 Å². The summed E-state index contributed by atoms with van der Waals surface area (Å²) in [7, 11) is 1.58. The van der Waals surface area contributed by atoms with Gasteiger partial charge in [0.25, 0.3) is 11.7 Å². The van der Waals surface area contributed by atoms with E-state index >= 15 is 0 Å². The van der Waals surface area contributed by atoms with Crippen LogP contribution in [0.1, 0.15) is 60.5 Å². The summed E-state index contributed by atoms with van der Waals surface area (Å²) >= 11 is 6.18. The fraction of sp³-hybridized carbons (Fsp3) is 0.290. The zero-order chi connectivity index (χ0) is 28.6. The molecule has 0 radical (unpaired) electrons. The molecule has 3 aromatic rings. The summed E-state index contributed by atoms with van der Waals surface area (Å²) in [5.41, 5.74) is 3.55. The first-order valence-corrected chi connectivity index (χ1v) is 13.1. The molecule has 0 bridgehead atoms. The third kappa shape index (κ3) is 5.06. The van der Waals surface area contributed by atoms with Crippen LogP contribution in [0.25, 0.3) is 5.76 Å². The Hall–Kier alpha value is -3.97. The Morgan fingerprint density at radius 3 is 2.36 bits per heavy atom. The van der Waals surface area contributed by atoms with Gasteiger partial charge in [-0.3, -0.25) is 14.5 Å². The number of hydrogen-bond acceptors (Lipinski definition) is 6. The number of phenols is 1. The maximum atomic E-state index is 13.7. The Kier molecular flexibility index (Phi) is 7.93. The number of aryl methyl sites for hydroxylation is 2. The normalized spacial score (nSPS) is 16.7. The Morgan fingerprint density at radius 1 is 1.03 bits per heavy atom. The minimum atomic E-state index is -0.992. The largest absolute Gasteiger partial charge is 0.507 e. The van der Waals surface area contributed by atoms with Crippen LogP contribution in [0.5, 0.6) is 17.2 Å². The second kappa shape index (κ2) is 11.0. The summed E-state index contributed by atoms with van der Waals surface area (Å²) in [6.45, 7) is 9.70. The van der Waals surface area contributed by atoms with Crippen LogP contribution in [0.3, 0.4) is 0 Å². The molecule has 7 nitrogen and oxygen atoms in total. The Bertz CT molecular complexity index is 1490. The van der Waals surface area contributed by atoms with E-state index < -0.39 is 17.7 Å². The molecule has 1 amide bonds. The summed E-state index contributed by atoms with van der Waals surface area (Å²) in [4.78, 5) is 28.6. The number of hydrogen-bond donors (Lipinski definition) is 2. The van der Waals surface area contributed by atoms with Crippen LogP contribution < -0.4 is 14.4 Å². The number of carbonyl (C=O) groups is 2. The second-order valence-electron chi connectivity index (χ2n) is 9.82. The van der Waals surface area contributed by atoms with Crippen LogP contribution >= 0.6 is 11.6 Å². The number of ether oxygens (including phenoxy) is 2. The molecule has 4 rings (SSSR count). The average molecular weight is 550 g/mol. The number of anilines is 1. The van der Waals surface area contributed by atoms with Crippen molar-refractivity contribution in [2.75, 3.05) is 18.6 Å². The maximum absolute atomic E-state index is 13.7. The number of rotatable bonds is 7. The number of aliphatic hydroxyl groups excluding tert-OH is 1. The molecule has 1 unspecified atom stereocenters. The lowest BCUT2D eigenvalue weighted by Gasteiger charge is -2.27. The molecule has 0 saturated carbocycles. The molecule has 1 aliphatic heterocycles. The van der Waals surface area contributed by atoms with Crippen molar-refractivity contribution in [2.24, 2.45) is 0 Å². The Balaban J connectivity index is 2.03. The van der Waals surface area contributed by atoms with Crippen molar-refractivity contribution in [1.82, 2.24) is 0 Å². The predicted octanol–water partition coefficient (Wildman–Crippen LogP) is 6.82. The van der Waals surface area contributed by atoms with E-state index in [1.165, 1.54) is 11.0 Å². The van der Waals surface area contributed by atoms with Gasteiger partial charge in [0.1, 0.15) is 11.5 Å². The predicted molar refractivity (Wildman–Crippen MR) is 152 cm³/mol. The number of aromatic hydroxyl groups is 1. The molecule has 1 saturated heterocycles. The number of carbonyl (C=O) groups excluding carboxylic acids is 2. The monoisotopic (exact) mass is 549 g/mol. The van der Waals surface area contributed by atoms with E-state index in [1.54, 1.807) is 57.4 Å². The first-order valence-electron chi connectivity index (χ1n) is 12.7. The highest BCUT2D eigenvalue weighted by molar-refractivity contribution is 6.52. The van der Waals surface area contributed by atoms with Gasteiger partial charge in [-0.15, -0.1) is 0 Å². The smallest absolute Gasteiger partial charge is 0.300 e. The third-order valence-corrected chi connectivity index (χ3v) is 7.15. The van der Waals surface area contributed by atoms with Crippen LogP contribution in [-0.4, -0.2) is 35.6 Å². The quantitative estimate of drug-likeness (QED) is 0.191. The average Bonchev–Trinajstić information content (AvgIpc) is 3.15. The fourth-order valence-corrected chi connectivity index (χ4v) is 5.21. The van der Waals surface area contributed by atoms with Crippen LogP contribution in [0, 0.1) is 13.8 Å². The molecule has 204 valence electrons. The number of methoxy groups -OCH3 is 1. The van der Waals surface area contributed by atoms with Gasteiger partial charge in [-0.1, -0.05) is 31.5 Å². The fourth-order valence-electron chi connectivity index (χ4n) is 4.98. The van der Waals surface area contributed by atoms with Crippen molar-refractivity contribution in [3.8, 4) is 17.2 Å². The SMILES string of the molecule is CCOc1cc(C2/C(=C(\O)c3cc(C(C)C)c(OC)cc3C)C(=O)C(=O)N2c2ccc(Cl)cc2C)ccc1O. The number of benzene rings is 3. The zero-order valence-corrected chi connectivity index (χ0v) is 23.6. The van der Waals surface area contributed by atoms with Crippen molar-refractivity contribution >= 4 is 34.7 Å². The van der Waals surface area contributed by atoms with Gasteiger partial charge in [0.2, 0.25) is 0 Å². The molecule has 0 aliphatic carbocycles. The van der Waals surface area contributed by atoms with Gasteiger partial charge in [-0.05, 0) is 91.4 Å². The van der Waals surface area contributed by atoms with E-state index in [1.807, 2.05) is 26.8 Å². The number of aliphatic hydroxyl groups is 1. The molecule has 2 N–H and O–H groups in total. The third-order valence-electron chi connectivity index (χ3n) is 6.92. The first-order chi connectivity index (χ1) is 18.5. The van der Waals surface area contributed by atoms with Gasteiger partial charge >= 0.3 is 0 Å². The van der Waals surface area contributed by atoms with Crippen LogP contribution in [0.4, 0.5) is 5.69 Å². The lowest BCUT2D eigenvalue weighted by atomic mass is 9.90. The standard InChI is InChI=1S/C31H32ClNO6/c1-7-39-26-14-19(8-11-24(26)34)28-27(29(35)22-15-21(16(2)3)25(38-6)13-17(22)4)30(36)31(37)33(28)23-10-9-20(32)12-18(23)5/h8-16,28,34-35H,7H2,1-6H3/b29-27+. The number of phenolic OH excluding ortho intramolecular Hbond substituents is 1. The van der Waals surface area contributed by atoms with Crippen molar-refractivity contribution in [3.63, 3.8) is 0 Å². The maximum Gasteiger partial charge on any atom is 0.300 e. The summed E-state index contributed by atoms with van der Waals surface area (Å²) in [5.74, 6) is -1.02. The first kappa shape index (κ1) is 28.0. The number of halogens is 1. The summed E-state index contributed by atoms with van der Waals surface area (Å²) in [6, 6.07) is 12.3. The minimum absolute atomic E-state index is 0.0644. The van der Waals surface area contributed by atoms with E-state index in [-0.39, 0.29) is 28.7 Å². The van der Waals surface area contributed by atoms with Crippen LogP contribution in [-0.2, 0) is 9.59 Å². The van der Waals surface area contributed by atoms with Crippen molar-refractivity contribution < 1.29 is 29.3 Å². The molecule has 1 atom stereocenters. The second-order valence-corrected chi connectivity index (χ2v) is 10.3. The van der Waals surface area contributed by atoms with Gasteiger partial charge < -0.3 is 19.7 Å². The topological polar surface area (TPSA) is 96.3 Å². The van der Waals surface area contributed by atoms with E-state index in [9.17, 15) is 19.8 Å². The zero-order valence-electron chi connectivity index (χ0n) is 22.8. The van der Waals surface area contributed by atoms with Crippen LogP contribution in [0.15, 0.2) is 54.1 Å². The highest BCUT2D eigenvalue weighted by atomic mass is 35.5. The summed E-state index contributed by atoms with van der Waals surface area (Å²) in [5, 5.41) is 22.6. The van der Waals surface area contributed by atoms with Crippen molar-refractivity contribution in [2.45, 2.75) is 46.6 Å². The van der Waals surface area contributed by atoms with Gasteiger partial charge in [0, 0.05) is 16.3 Å². The molecule has 1 aliphatic rings. The summed E-state index contributed by atoms with van der Waals surface area (Å²) in [6.07, 6.45) is 0. The molecular formula is C31H32ClNO6. The molecular weight excluding hydrogens is 518 g/mol. The van der Waals surface area contributed by atoms with E-state index in [0.717, 1.165) is 5.56 Å². The molecule has 1 fully saturated rings. The van der Waals surface area contributed by atoms with Gasteiger partial charge in [0.05, 0.1) is 25.3 Å². The number of amides is 1. The minimum Gasteiger partial charge on any atom is -0.507 e. The van der Waals surface area contributed by atoms with E-state index in [4.69, 9.17) is 21.1 Å². The highest BCUT2D eigenvalue weighted by Crippen LogP contribution is 2.46. The molecule has 3 aromatic carbocycles.